The maximum atomic E-state index is 13.2. The molecule has 2 nitrogen and oxygen atoms in total. The molecule has 1 atom stereocenters. The number of hydrogen-bond donors (Lipinski definition) is 1. The third-order valence-electron chi connectivity index (χ3n) is 1.79. The predicted octanol–water partition coefficient (Wildman–Crippen LogP) is 2.32. The van der Waals surface area contributed by atoms with E-state index in [1.165, 1.54) is 6.92 Å². The van der Waals surface area contributed by atoms with Crippen LogP contribution in [-0.2, 0) is 4.79 Å². The molecule has 0 heterocycles. The first-order valence-electron chi connectivity index (χ1n) is 3.84. The summed E-state index contributed by atoms with van der Waals surface area (Å²) in [4.78, 5) is 10.9. The van der Waals surface area contributed by atoms with Crippen molar-refractivity contribution in [3.63, 3.8) is 0 Å². The summed E-state index contributed by atoms with van der Waals surface area (Å²) in [5.41, 5.74) is 4.96. The summed E-state index contributed by atoms with van der Waals surface area (Å²) in [5.74, 6) is -2.12. The largest absolute Gasteiger partial charge is 0.318 e. The average Bonchev–Trinajstić information content (AvgIpc) is 2.01. The number of ketones is 1. The second kappa shape index (κ2) is 4.14. The van der Waals surface area contributed by atoms with Gasteiger partial charge in [-0.25, -0.2) is 8.78 Å². The molecule has 0 spiro atoms. The first-order chi connectivity index (χ1) is 6.43. The lowest BCUT2D eigenvalue weighted by molar-refractivity contribution is -0.118. The molecule has 0 saturated carbocycles. The van der Waals surface area contributed by atoms with Crippen molar-refractivity contribution >= 4 is 21.7 Å². The minimum Gasteiger partial charge on any atom is -0.318 e. The second-order valence-corrected chi connectivity index (χ2v) is 3.79. The standard InChI is InChI=1S/C9H8BrF2NO/c1-4(14)9(13)8-6(11)2-5(10)3-7(8)12/h2-3,9H,13H2,1H3. The Hall–Kier alpha value is -0.810. The summed E-state index contributed by atoms with van der Waals surface area (Å²) in [5, 5.41) is 0. The average molecular weight is 264 g/mol. The Balaban J connectivity index is 3.27. The van der Waals surface area contributed by atoms with Crippen LogP contribution in [0, 0.1) is 11.6 Å². The molecule has 0 saturated heterocycles. The number of carbonyl (C=O) groups is 1. The molecule has 0 aromatic heterocycles. The van der Waals surface area contributed by atoms with Crippen molar-refractivity contribution in [2.24, 2.45) is 5.73 Å². The van der Waals surface area contributed by atoms with Gasteiger partial charge in [-0.3, -0.25) is 4.79 Å². The first kappa shape index (κ1) is 11.3. The Morgan fingerprint density at radius 2 is 1.86 bits per heavy atom. The zero-order valence-electron chi connectivity index (χ0n) is 7.35. The van der Waals surface area contributed by atoms with E-state index < -0.39 is 23.5 Å². The van der Waals surface area contributed by atoms with Gasteiger partial charge in [0.15, 0.2) is 5.78 Å². The van der Waals surface area contributed by atoms with Crippen molar-refractivity contribution < 1.29 is 13.6 Å². The normalized spacial score (nSPS) is 12.6. The predicted molar refractivity (Wildman–Crippen MR) is 51.7 cm³/mol. The maximum Gasteiger partial charge on any atom is 0.151 e. The van der Waals surface area contributed by atoms with E-state index in [1.54, 1.807) is 0 Å². The first-order valence-corrected chi connectivity index (χ1v) is 4.63. The highest BCUT2D eigenvalue weighted by Gasteiger charge is 2.20. The van der Waals surface area contributed by atoms with Crippen molar-refractivity contribution in [2.75, 3.05) is 0 Å². The number of benzene rings is 1. The Labute approximate surface area is 88.2 Å². The Morgan fingerprint density at radius 3 is 2.21 bits per heavy atom. The molecule has 0 aliphatic rings. The van der Waals surface area contributed by atoms with Crippen LogP contribution in [-0.4, -0.2) is 5.78 Å². The molecule has 2 N–H and O–H groups in total. The zero-order valence-corrected chi connectivity index (χ0v) is 8.94. The van der Waals surface area contributed by atoms with Gasteiger partial charge in [-0.15, -0.1) is 0 Å². The van der Waals surface area contributed by atoms with Crippen LogP contribution in [0.4, 0.5) is 8.78 Å². The van der Waals surface area contributed by atoms with Crippen LogP contribution in [0.15, 0.2) is 16.6 Å². The number of nitrogens with two attached hydrogens (primary N) is 1. The molecule has 0 bridgehead atoms. The van der Waals surface area contributed by atoms with Gasteiger partial charge in [0.25, 0.3) is 0 Å². The van der Waals surface area contributed by atoms with E-state index in [1.807, 2.05) is 0 Å². The molecule has 1 aromatic rings. The van der Waals surface area contributed by atoms with Crippen LogP contribution in [0.25, 0.3) is 0 Å². The summed E-state index contributed by atoms with van der Waals surface area (Å²) in [6.45, 7) is 1.19. The number of carbonyl (C=O) groups excluding carboxylic acids is 1. The van der Waals surface area contributed by atoms with E-state index in [-0.39, 0.29) is 10.0 Å². The van der Waals surface area contributed by atoms with Gasteiger partial charge in [-0.05, 0) is 19.1 Å². The highest BCUT2D eigenvalue weighted by atomic mass is 79.9. The minimum atomic E-state index is -1.25. The molecular formula is C9H8BrF2NO. The molecule has 5 heteroatoms. The fourth-order valence-corrected chi connectivity index (χ4v) is 1.46. The Bertz CT molecular complexity index is 358. The summed E-state index contributed by atoms with van der Waals surface area (Å²) in [6, 6.07) is 0.894. The molecule has 76 valence electrons. The van der Waals surface area contributed by atoms with Crippen molar-refractivity contribution in [3.8, 4) is 0 Å². The summed E-state index contributed by atoms with van der Waals surface area (Å²) < 4.78 is 26.7. The molecular weight excluding hydrogens is 256 g/mol. The zero-order chi connectivity index (χ0) is 10.9. The lowest BCUT2D eigenvalue weighted by Gasteiger charge is -2.10. The van der Waals surface area contributed by atoms with Gasteiger partial charge in [0.05, 0.1) is 6.04 Å². The van der Waals surface area contributed by atoms with E-state index in [9.17, 15) is 13.6 Å². The summed E-state index contributed by atoms with van der Waals surface area (Å²) in [7, 11) is 0. The highest BCUT2D eigenvalue weighted by molar-refractivity contribution is 9.10. The topological polar surface area (TPSA) is 43.1 Å². The Morgan fingerprint density at radius 1 is 1.43 bits per heavy atom. The highest BCUT2D eigenvalue weighted by Crippen LogP contribution is 2.23. The van der Waals surface area contributed by atoms with Gasteiger partial charge >= 0.3 is 0 Å². The molecule has 0 radical (unpaired) electrons. The number of rotatable bonds is 2. The molecule has 0 fully saturated rings. The molecule has 0 amide bonds. The summed E-state index contributed by atoms with van der Waals surface area (Å²) in [6.07, 6.45) is 0. The monoisotopic (exact) mass is 263 g/mol. The smallest absolute Gasteiger partial charge is 0.151 e. The third-order valence-corrected chi connectivity index (χ3v) is 2.25. The molecule has 1 unspecified atom stereocenters. The van der Waals surface area contributed by atoms with Crippen molar-refractivity contribution in [3.05, 3.63) is 33.8 Å². The van der Waals surface area contributed by atoms with Crippen LogP contribution < -0.4 is 5.73 Å². The molecule has 1 aromatic carbocycles. The van der Waals surface area contributed by atoms with E-state index in [4.69, 9.17) is 5.73 Å². The van der Waals surface area contributed by atoms with Crippen LogP contribution in [0.2, 0.25) is 0 Å². The van der Waals surface area contributed by atoms with E-state index >= 15 is 0 Å². The van der Waals surface area contributed by atoms with E-state index in [0.29, 0.717) is 0 Å². The van der Waals surface area contributed by atoms with E-state index in [0.717, 1.165) is 12.1 Å². The van der Waals surface area contributed by atoms with Crippen molar-refractivity contribution in [1.29, 1.82) is 0 Å². The fraction of sp³-hybridized carbons (Fsp3) is 0.222. The van der Waals surface area contributed by atoms with Gasteiger partial charge in [-0.2, -0.15) is 0 Å². The molecule has 1 rings (SSSR count). The second-order valence-electron chi connectivity index (χ2n) is 2.87. The van der Waals surface area contributed by atoms with Gasteiger partial charge in [-0.1, -0.05) is 15.9 Å². The van der Waals surface area contributed by atoms with Crippen molar-refractivity contribution in [1.82, 2.24) is 0 Å². The third kappa shape index (κ3) is 2.16. The van der Waals surface area contributed by atoms with E-state index in [2.05, 4.69) is 15.9 Å². The maximum absolute atomic E-state index is 13.2. The van der Waals surface area contributed by atoms with Crippen LogP contribution >= 0.6 is 15.9 Å². The number of Topliss-reactive ketones (excluding diaryl/α,β-unsaturated/α-hetero) is 1. The molecule has 0 aliphatic carbocycles. The molecule has 14 heavy (non-hydrogen) atoms. The minimum absolute atomic E-state index is 0.270. The van der Waals surface area contributed by atoms with Gasteiger partial charge in [0.1, 0.15) is 11.6 Å². The number of hydrogen-bond acceptors (Lipinski definition) is 2. The lowest BCUT2D eigenvalue weighted by atomic mass is 10.0. The lowest BCUT2D eigenvalue weighted by Crippen LogP contribution is -2.21. The van der Waals surface area contributed by atoms with Gasteiger partial charge in [0.2, 0.25) is 0 Å². The van der Waals surface area contributed by atoms with Gasteiger partial charge in [0, 0.05) is 10.0 Å². The Kier molecular flexibility index (Phi) is 3.34. The van der Waals surface area contributed by atoms with Crippen LogP contribution in [0.3, 0.4) is 0 Å². The number of halogens is 3. The van der Waals surface area contributed by atoms with Crippen LogP contribution in [0.5, 0.6) is 0 Å². The van der Waals surface area contributed by atoms with Crippen LogP contribution in [0.1, 0.15) is 18.5 Å². The fourth-order valence-electron chi connectivity index (χ4n) is 1.05. The van der Waals surface area contributed by atoms with Crippen molar-refractivity contribution in [2.45, 2.75) is 13.0 Å². The van der Waals surface area contributed by atoms with Gasteiger partial charge < -0.3 is 5.73 Å². The quantitative estimate of drug-likeness (QED) is 0.890. The SMILES string of the molecule is CC(=O)C(N)c1c(F)cc(Br)cc1F. The summed E-state index contributed by atoms with van der Waals surface area (Å²) >= 11 is 2.93. The molecule has 0 aliphatic heterocycles.